The first-order chi connectivity index (χ1) is 9.43. The number of aliphatic hydroxyl groups excluding tert-OH is 1. The number of halogens is 1. The Morgan fingerprint density at radius 2 is 2.05 bits per heavy atom. The minimum absolute atomic E-state index is 0.0863. The smallest absolute Gasteiger partial charge is 0.175 e. The zero-order valence-corrected chi connectivity index (χ0v) is 14.2. The van der Waals surface area contributed by atoms with Crippen LogP contribution in [0.1, 0.15) is 32.8 Å². The van der Waals surface area contributed by atoms with Gasteiger partial charge in [0, 0.05) is 12.1 Å². The molecule has 0 bridgehead atoms. The molecule has 1 aromatic carbocycles. The molecular formula is C15H24BrNO3. The molecule has 0 saturated carbocycles. The third kappa shape index (κ3) is 4.96. The highest BCUT2D eigenvalue weighted by Crippen LogP contribution is 2.36. The summed E-state index contributed by atoms with van der Waals surface area (Å²) < 4.78 is 12.0. The Hall–Kier alpha value is -0.780. The van der Waals surface area contributed by atoms with E-state index in [1.54, 1.807) is 7.11 Å². The van der Waals surface area contributed by atoms with Gasteiger partial charge in [0.15, 0.2) is 11.5 Å². The first-order valence-corrected chi connectivity index (χ1v) is 7.58. The lowest BCUT2D eigenvalue weighted by Crippen LogP contribution is -2.42. The van der Waals surface area contributed by atoms with Gasteiger partial charge in [-0.2, -0.15) is 0 Å². The fourth-order valence-corrected chi connectivity index (χ4v) is 2.22. The fourth-order valence-electron chi connectivity index (χ4n) is 1.62. The Morgan fingerprint density at radius 3 is 2.60 bits per heavy atom. The van der Waals surface area contributed by atoms with E-state index in [2.05, 4.69) is 28.2 Å². The second-order valence-corrected chi connectivity index (χ2v) is 6.21. The van der Waals surface area contributed by atoms with E-state index in [1.165, 1.54) is 0 Å². The number of benzene rings is 1. The van der Waals surface area contributed by atoms with Crippen molar-refractivity contribution >= 4 is 15.9 Å². The summed E-state index contributed by atoms with van der Waals surface area (Å²) in [5.74, 6) is 1.45. The predicted octanol–water partition coefficient (Wildman–Crippen LogP) is 3.11. The third-order valence-electron chi connectivity index (χ3n) is 2.91. The lowest BCUT2D eigenvalue weighted by molar-refractivity contribution is 0.187. The van der Waals surface area contributed by atoms with Crippen molar-refractivity contribution in [1.29, 1.82) is 0 Å². The van der Waals surface area contributed by atoms with E-state index in [0.29, 0.717) is 18.9 Å². The van der Waals surface area contributed by atoms with Gasteiger partial charge in [-0.25, -0.2) is 0 Å². The summed E-state index contributed by atoms with van der Waals surface area (Å²) in [7, 11) is 1.63. The minimum atomic E-state index is -0.308. The summed E-state index contributed by atoms with van der Waals surface area (Å²) in [6, 6.07) is 3.96. The van der Waals surface area contributed by atoms with Crippen LogP contribution in [0.3, 0.4) is 0 Å². The van der Waals surface area contributed by atoms with Crippen molar-refractivity contribution in [2.24, 2.45) is 0 Å². The van der Waals surface area contributed by atoms with Gasteiger partial charge in [-0.05, 0) is 53.9 Å². The Morgan fingerprint density at radius 1 is 1.35 bits per heavy atom. The summed E-state index contributed by atoms with van der Waals surface area (Å²) in [5, 5.41) is 12.6. The minimum Gasteiger partial charge on any atom is -0.493 e. The lowest BCUT2D eigenvalue weighted by atomic mass is 10.1. The van der Waals surface area contributed by atoms with E-state index in [9.17, 15) is 5.11 Å². The van der Waals surface area contributed by atoms with E-state index in [1.807, 2.05) is 26.0 Å². The van der Waals surface area contributed by atoms with E-state index in [0.717, 1.165) is 22.2 Å². The zero-order valence-electron chi connectivity index (χ0n) is 12.6. The highest BCUT2D eigenvalue weighted by atomic mass is 79.9. The van der Waals surface area contributed by atoms with Crippen molar-refractivity contribution in [2.45, 2.75) is 39.3 Å². The second-order valence-electron chi connectivity index (χ2n) is 5.35. The van der Waals surface area contributed by atoms with Gasteiger partial charge < -0.3 is 19.9 Å². The van der Waals surface area contributed by atoms with Crippen LogP contribution < -0.4 is 14.8 Å². The number of nitrogens with one attached hydrogen (secondary N) is 1. The van der Waals surface area contributed by atoms with Gasteiger partial charge >= 0.3 is 0 Å². The largest absolute Gasteiger partial charge is 0.493 e. The molecule has 0 aliphatic carbocycles. The molecule has 0 aliphatic heterocycles. The van der Waals surface area contributed by atoms with E-state index in [-0.39, 0.29) is 12.1 Å². The molecule has 0 atom stereocenters. The highest BCUT2D eigenvalue weighted by Gasteiger charge is 2.16. The van der Waals surface area contributed by atoms with Gasteiger partial charge in [-0.3, -0.25) is 0 Å². The maximum absolute atomic E-state index is 9.25. The Labute approximate surface area is 129 Å². The number of aliphatic hydroxyl groups is 1. The van der Waals surface area contributed by atoms with E-state index in [4.69, 9.17) is 9.47 Å². The van der Waals surface area contributed by atoms with Gasteiger partial charge in [0.25, 0.3) is 0 Å². The molecule has 0 heterocycles. The fraction of sp³-hybridized carbons (Fsp3) is 0.600. The third-order valence-corrected chi connectivity index (χ3v) is 3.50. The number of methoxy groups -OCH3 is 1. The number of hydrogen-bond donors (Lipinski definition) is 2. The van der Waals surface area contributed by atoms with Crippen LogP contribution in [0.25, 0.3) is 0 Å². The zero-order chi connectivity index (χ0) is 15.2. The molecule has 0 aromatic heterocycles. The van der Waals surface area contributed by atoms with Crippen LogP contribution >= 0.6 is 15.9 Å². The molecule has 20 heavy (non-hydrogen) atoms. The summed E-state index contributed by atoms with van der Waals surface area (Å²) in [6.07, 6.45) is 0.948. The quantitative estimate of drug-likeness (QED) is 0.760. The van der Waals surface area contributed by atoms with Crippen molar-refractivity contribution in [3.63, 3.8) is 0 Å². The number of rotatable bonds is 8. The van der Waals surface area contributed by atoms with Gasteiger partial charge in [-0.1, -0.05) is 6.92 Å². The molecular weight excluding hydrogens is 322 g/mol. The average Bonchev–Trinajstić information content (AvgIpc) is 2.43. The number of hydrogen-bond acceptors (Lipinski definition) is 4. The molecule has 114 valence electrons. The number of ether oxygens (including phenoxy) is 2. The van der Waals surface area contributed by atoms with Crippen molar-refractivity contribution in [1.82, 2.24) is 5.32 Å². The van der Waals surface area contributed by atoms with Crippen LogP contribution in [0.4, 0.5) is 0 Å². The summed E-state index contributed by atoms with van der Waals surface area (Å²) >= 11 is 3.52. The van der Waals surface area contributed by atoms with Crippen LogP contribution in [0.2, 0.25) is 0 Å². The van der Waals surface area contributed by atoms with Crippen LogP contribution in [-0.4, -0.2) is 31.0 Å². The topological polar surface area (TPSA) is 50.7 Å². The summed E-state index contributed by atoms with van der Waals surface area (Å²) in [4.78, 5) is 0. The van der Waals surface area contributed by atoms with Gasteiger partial charge in [0.05, 0.1) is 24.8 Å². The van der Waals surface area contributed by atoms with Crippen LogP contribution in [0, 0.1) is 0 Å². The van der Waals surface area contributed by atoms with Crippen LogP contribution in [0.15, 0.2) is 16.6 Å². The standard InChI is InChI=1S/C15H24BrNO3/c1-5-6-20-14-12(16)7-11(8-13(14)19-4)9-17-15(2,3)10-18/h7-8,17-18H,5-6,9-10H2,1-4H3. The first kappa shape index (κ1) is 17.3. The van der Waals surface area contributed by atoms with Crippen molar-refractivity contribution in [3.05, 3.63) is 22.2 Å². The Kier molecular flexibility index (Phi) is 6.79. The van der Waals surface area contributed by atoms with Gasteiger partial charge in [0.2, 0.25) is 0 Å². The molecule has 1 rings (SSSR count). The Balaban J connectivity index is 2.87. The normalized spacial score (nSPS) is 11.5. The molecule has 0 spiro atoms. The second kappa shape index (κ2) is 7.86. The summed E-state index contributed by atoms with van der Waals surface area (Å²) in [6.45, 7) is 7.37. The monoisotopic (exact) mass is 345 g/mol. The van der Waals surface area contributed by atoms with E-state index < -0.39 is 0 Å². The molecule has 0 fully saturated rings. The van der Waals surface area contributed by atoms with Gasteiger partial charge in [-0.15, -0.1) is 0 Å². The predicted molar refractivity (Wildman–Crippen MR) is 84.5 cm³/mol. The molecule has 0 radical (unpaired) electrons. The molecule has 1 aromatic rings. The van der Waals surface area contributed by atoms with E-state index >= 15 is 0 Å². The molecule has 5 heteroatoms. The summed E-state index contributed by atoms with van der Waals surface area (Å²) in [5.41, 5.74) is 0.760. The molecule has 0 amide bonds. The maximum atomic E-state index is 9.25. The molecule has 0 aliphatic rings. The van der Waals surface area contributed by atoms with Crippen molar-refractivity contribution in [3.8, 4) is 11.5 Å². The lowest BCUT2D eigenvalue weighted by Gasteiger charge is -2.24. The SMILES string of the molecule is CCCOc1c(Br)cc(CNC(C)(C)CO)cc1OC. The van der Waals surface area contributed by atoms with Crippen molar-refractivity contribution < 1.29 is 14.6 Å². The molecule has 2 N–H and O–H groups in total. The van der Waals surface area contributed by atoms with Crippen LogP contribution in [0.5, 0.6) is 11.5 Å². The molecule has 0 unspecified atom stereocenters. The molecule has 4 nitrogen and oxygen atoms in total. The van der Waals surface area contributed by atoms with Gasteiger partial charge in [0.1, 0.15) is 0 Å². The maximum Gasteiger partial charge on any atom is 0.175 e. The van der Waals surface area contributed by atoms with Crippen LogP contribution in [-0.2, 0) is 6.54 Å². The first-order valence-electron chi connectivity index (χ1n) is 6.78. The Bertz CT molecular complexity index is 435. The van der Waals surface area contributed by atoms with Crippen molar-refractivity contribution in [2.75, 3.05) is 20.3 Å². The highest BCUT2D eigenvalue weighted by molar-refractivity contribution is 9.10. The average molecular weight is 346 g/mol. The molecule has 0 saturated heterocycles.